The minimum absolute atomic E-state index is 0.0998. The molecule has 0 radical (unpaired) electrons. The van der Waals surface area contributed by atoms with Crippen LogP contribution in [0.3, 0.4) is 0 Å². The van der Waals surface area contributed by atoms with Crippen molar-refractivity contribution in [3.8, 4) is 11.3 Å². The summed E-state index contributed by atoms with van der Waals surface area (Å²) < 4.78 is 39.0. The summed E-state index contributed by atoms with van der Waals surface area (Å²) in [5.41, 5.74) is 3.47. The van der Waals surface area contributed by atoms with Gasteiger partial charge in [0.25, 0.3) is 10.0 Å². The fourth-order valence-electron chi connectivity index (χ4n) is 4.05. The van der Waals surface area contributed by atoms with Crippen LogP contribution in [0.5, 0.6) is 0 Å². The van der Waals surface area contributed by atoms with Gasteiger partial charge in [0.05, 0.1) is 23.3 Å². The largest absolute Gasteiger partial charge is 0.465 e. The Labute approximate surface area is 235 Å². The third kappa shape index (κ3) is 8.25. The van der Waals surface area contributed by atoms with Crippen LogP contribution in [0.4, 0.5) is 10.7 Å². The van der Waals surface area contributed by atoms with Crippen molar-refractivity contribution in [1.29, 1.82) is 0 Å². The molecule has 0 saturated heterocycles. The number of carbonyl (C=O) groups excluding carboxylic acids is 2. The Morgan fingerprint density at radius 1 is 1.00 bits per heavy atom. The number of amides is 1. The first-order valence-electron chi connectivity index (χ1n) is 12.8. The Balaban J connectivity index is 1.93. The molecule has 1 heterocycles. The number of rotatable bonds is 9. The fraction of sp³-hybridized carbons (Fsp3) is 0.379. The summed E-state index contributed by atoms with van der Waals surface area (Å²) in [5.74, 6) is -0.756. The monoisotopic (exact) mass is 568 g/mol. The zero-order valence-electron chi connectivity index (χ0n) is 23.9. The first-order valence-corrected chi connectivity index (χ1v) is 14.3. The van der Waals surface area contributed by atoms with Crippen LogP contribution in [0.1, 0.15) is 61.3 Å². The molecule has 0 saturated carbocycles. The maximum Gasteiger partial charge on any atom is 0.407 e. The molecular formula is C29H36N4O6S. The molecule has 0 aliphatic rings. The molecule has 2 N–H and O–H groups in total. The van der Waals surface area contributed by atoms with E-state index >= 15 is 0 Å². The molecule has 1 atom stereocenters. The molecule has 11 heteroatoms. The van der Waals surface area contributed by atoms with E-state index in [1.54, 1.807) is 20.8 Å². The van der Waals surface area contributed by atoms with E-state index in [0.29, 0.717) is 24.2 Å². The summed E-state index contributed by atoms with van der Waals surface area (Å²) in [6.07, 6.45) is 0.446. The Kier molecular flexibility index (Phi) is 9.52. The lowest BCUT2D eigenvalue weighted by atomic mass is 9.99. The number of sulfonamides is 1. The van der Waals surface area contributed by atoms with Gasteiger partial charge in [0, 0.05) is 17.3 Å². The lowest BCUT2D eigenvalue weighted by Gasteiger charge is -2.22. The third-order valence-corrected chi connectivity index (χ3v) is 7.23. The quantitative estimate of drug-likeness (QED) is 0.337. The van der Waals surface area contributed by atoms with E-state index < -0.39 is 27.7 Å². The van der Waals surface area contributed by atoms with E-state index in [1.165, 1.54) is 31.4 Å². The van der Waals surface area contributed by atoms with Gasteiger partial charge in [-0.2, -0.15) is 0 Å². The number of hydrogen-bond acceptors (Lipinski definition) is 8. The van der Waals surface area contributed by atoms with Crippen LogP contribution >= 0.6 is 0 Å². The number of esters is 1. The number of nitrogens with one attached hydrogen (secondary N) is 2. The van der Waals surface area contributed by atoms with Crippen LogP contribution < -0.4 is 10.0 Å². The third-order valence-electron chi connectivity index (χ3n) is 5.90. The normalized spacial score (nSPS) is 12.4. The average Bonchev–Trinajstić information content (AvgIpc) is 2.85. The maximum absolute atomic E-state index is 13.3. The number of hydrogen-bond donors (Lipinski definition) is 2. The first kappa shape index (κ1) is 30.6. The van der Waals surface area contributed by atoms with Gasteiger partial charge in [0.1, 0.15) is 5.60 Å². The van der Waals surface area contributed by atoms with Crippen molar-refractivity contribution in [3.63, 3.8) is 0 Å². The molecule has 1 amide bonds. The molecule has 0 aliphatic heterocycles. The second-order valence-electron chi connectivity index (χ2n) is 10.5. The number of aryl methyl sites for hydroxylation is 3. The lowest BCUT2D eigenvalue weighted by Crippen LogP contribution is -2.37. The zero-order chi connectivity index (χ0) is 29.7. The molecule has 1 unspecified atom stereocenters. The van der Waals surface area contributed by atoms with Gasteiger partial charge < -0.3 is 14.8 Å². The average molecular weight is 569 g/mol. The molecule has 1 aromatic heterocycles. The van der Waals surface area contributed by atoms with Crippen molar-refractivity contribution in [2.24, 2.45) is 0 Å². The Bertz CT molecular complexity index is 1480. The highest BCUT2D eigenvalue weighted by Gasteiger charge is 2.21. The molecule has 3 aromatic rings. The highest BCUT2D eigenvalue weighted by molar-refractivity contribution is 7.92. The van der Waals surface area contributed by atoms with Crippen LogP contribution in [0.15, 0.2) is 53.4 Å². The number of alkyl carbamates (subject to hydrolysis) is 1. The predicted molar refractivity (Wildman–Crippen MR) is 153 cm³/mol. The summed E-state index contributed by atoms with van der Waals surface area (Å²) in [7, 11) is -2.91. The second kappa shape index (κ2) is 12.5. The molecule has 10 nitrogen and oxygen atoms in total. The van der Waals surface area contributed by atoms with E-state index in [1.807, 2.05) is 45.0 Å². The standard InChI is InChI=1S/C29H36N4O6S/c1-18-10-8-11-19(2)25(18)24-17-22(15-14-20(3)30-28(35)39-29(4,5)6)31-27(32-24)33-40(36,37)23-13-9-12-21(16-23)26(34)38-7/h8-13,16-17,20H,14-15H2,1-7H3,(H,30,35)(H,31,32,33). The molecule has 214 valence electrons. The second-order valence-corrected chi connectivity index (χ2v) is 12.2. The summed E-state index contributed by atoms with van der Waals surface area (Å²) in [4.78, 5) is 33.0. The number of anilines is 1. The van der Waals surface area contributed by atoms with Crippen molar-refractivity contribution in [1.82, 2.24) is 15.3 Å². The highest BCUT2D eigenvalue weighted by atomic mass is 32.2. The van der Waals surface area contributed by atoms with Crippen LogP contribution in [-0.4, -0.2) is 49.2 Å². The lowest BCUT2D eigenvalue weighted by molar-refractivity contribution is 0.0505. The first-order chi connectivity index (χ1) is 18.7. The molecule has 0 bridgehead atoms. The van der Waals surface area contributed by atoms with Gasteiger partial charge in [-0.1, -0.05) is 24.3 Å². The van der Waals surface area contributed by atoms with Crippen molar-refractivity contribution < 1.29 is 27.5 Å². The maximum atomic E-state index is 13.3. The van der Waals surface area contributed by atoms with E-state index in [0.717, 1.165) is 16.7 Å². The van der Waals surface area contributed by atoms with Gasteiger partial charge in [0.15, 0.2) is 0 Å². The van der Waals surface area contributed by atoms with Gasteiger partial charge in [-0.3, -0.25) is 0 Å². The van der Waals surface area contributed by atoms with Crippen molar-refractivity contribution >= 4 is 28.0 Å². The van der Waals surface area contributed by atoms with Crippen LogP contribution in [0, 0.1) is 13.8 Å². The van der Waals surface area contributed by atoms with E-state index in [9.17, 15) is 18.0 Å². The summed E-state index contributed by atoms with van der Waals surface area (Å²) in [5, 5.41) is 2.81. The van der Waals surface area contributed by atoms with Gasteiger partial charge in [-0.05, 0) is 89.8 Å². The number of ether oxygens (including phenoxy) is 2. The molecule has 0 spiro atoms. The SMILES string of the molecule is COC(=O)c1cccc(S(=O)(=O)Nc2nc(CCC(C)NC(=O)OC(C)(C)C)cc(-c3c(C)cccc3C)n2)c1. The van der Waals surface area contributed by atoms with Crippen LogP contribution in [0.25, 0.3) is 11.3 Å². The molecule has 2 aromatic carbocycles. The van der Waals surface area contributed by atoms with Crippen LogP contribution in [-0.2, 0) is 25.9 Å². The fourth-order valence-corrected chi connectivity index (χ4v) is 5.04. The number of nitrogens with zero attached hydrogens (tertiary/aromatic N) is 2. The smallest absolute Gasteiger partial charge is 0.407 e. The molecule has 3 rings (SSSR count). The van der Waals surface area contributed by atoms with Gasteiger partial charge in [-0.15, -0.1) is 0 Å². The Morgan fingerprint density at radius 3 is 2.27 bits per heavy atom. The molecule has 40 heavy (non-hydrogen) atoms. The number of aromatic nitrogens is 2. The number of carbonyl (C=O) groups is 2. The topological polar surface area (TPSA) is 137 Å². The van der Waals surface area contributed by atoms with E-state index in [2.05, 4.69) is 20.0 Å². The highest BCUT2D eigenvalue weighted by Crippen LogP contribution is 2.28. The molecule has 0 fully saturated rings. The zero-order valence-corrected chi connectivity index (χ0v) is 24.7. The summed E-state index contributed by atoms with van der Waals surface area (Å²) >= 11 is 0. The molecule has 0 aliphatic carbocycles. The van der Waals surface area contributed by atoms with E-state index in [-0.39, 0.29) is 22.4 Å². The molecular weight excluding hydrogens is 532 g/mol. The number of benzene rings is 2. The van der Waals surface area contributed by atoms with Crippen molar-refractivity contribution in [3.05, 3.63) is 70.9 Å². The summed E-state index contributed by atoms with van der Waals surface area (Å²) in [6.45, 7) is 11.2. The van der Waals surface area contributed by atoms with Crippen molar-refractivity contribution in [2.75, 3.05) is 11.8 Å². The Morgan fingerprint density at radius 2 is 1.65 bits per heavy atom. The van der Waals surface area contributed by atoms with Crippen LogP contribution in [0.2, 0.25) is 0 Å². The Hall–Kier alpha value is -3.99. The van der Waals surface area contributed by atoms with E-state index in [4.69, 9.17) is 9.47 Å². The van der Waals surface area contributed by atoms with Gasteiger partial charge >= 0.3 is 12.1 Å². The van der Waals surface area contributed by atoms with Gasteiger partial charge in [-0.25, -0.2) is 32.7 Å². The van der Waals surface area contributed by atoms with Crippen molar-refractivity contribution in [2.45, 2.75) is 70.9 Å². The minimum atomic E-state index is -4.13. The number of methoxy groups -OCH3 is 1. The summed E-state index contributed by atoms with van der Waals surface area (Å²) in [6, 6.07) is 13.0. The minimum Gasteiger partial charge on any atom is -0.465 e. The predicted octanol–water partition coefficient (Wildman–Crippen LogP) is 5.19. The van der Waals surface area contributed by atoms with Gasteiger partial charge in [0.2, 0.25) is 5.95 Å².